The van der Waals surface area contributed by atoms with Crippen molar-refractivity contribution in [2.24, 2.45) is 0 Å². The molecule has 0 saturated carbocycles. The Kier molecular flexibility index (Phi) is 4.10. The molecule has 0 aliphatic rings. The number of hydrogen-bond donors (Lipinski definition) is 1. The number of hydrogen-bond acceptors (Lipinski definition) is 2. The van der Waals surface area contributed by atoms with Gasteiger partial charge in [-0.1, -0.05) is 31.2 Å². The third-order valence-electron chi connectivity index (χ3n) is 3.55. The normalized spacial score (nSPS) is 10.5. The van der Waals surface area contributed by atoms with Gasteiger partial charge in [-0.05, 0) is 48.2 Å². The monoisotopic (exact) mass is 254 g/mol. The molecule has 0 unspecified atom stereocenters. The first-order valence-electron chi connectivity index (χ1n) is 6.75. The number of benzene rings is 2. The molecule has 2 heteroatoms. The summed E-state index contributed by atoms with van der Waals surface area (Å²) in [4.78, 5) is 2.24. The third kappa shape index (κ3) is 3.28. The van der Waals surface area contributed by atoms with Crippen LogP contribution in [0.5, 0.6) is 0 Å². The highest BCUT2D eigenvalue weighted by atomic mass is 15.1. The molecule has 2 nitrogen and oxygen atoms in total. The lowest BCUT2D eigenvalue weighted by molar-refractivity contribution is 0.922. The molecule has 0 bridgehead atoms. The molecule has 0 aliphatic heterocycles. The van der Waals surface area contributed by atoms with E-state index in [2.05, 4.69) is 61.3 Å². The van der Waals surface area contributed by atoms with Gasteiger partial charge in [0.15, 0.2) is 0 Å². The van der Waals surface area contributed by atoms with Gasteiger partial charge in [0.25, 0.3) is 0 Å². The molecule has 2 N–H and O–H groups in total. The summed E-state index contributed by atoms with van der Waals surface area (Å²) in [5.41, 5.74) is 11.8. The van der Waals surface area contributed by atoms with Gasteiger partial charge in [-0.15, -0.1) is 0 Å². The van der Waals surface area contributed by atoms with E-state index >= 15 is 0 Å². The lowest BCUT2D eigenvalue weighted by atomic mass is 10.1. The fraction of sp³-hybridized carbons (Fsp3) is 0.294. The van der Waals surface area contributed by atoms with Gasteiger partial charge in [0, 0.05) is 25.0 Å². The minimum Gasteiger partial charge on any atom is -0.399 e. The first-order chi connectivity index (χ1) is 9.10. The van der Waals surface area contributed by atoms with Gasteiger partial charge in [0.05, 0.1) is 0 Å². The van der Waals surface area contributed by atoms with E-state index in [0.717, 1.165) is 24.2 Å². The van der Waals surface area contributed by atoms with E-state index in [1.54, 1.807) is 0 Å². The van der Waals surface area contributed by atoms with Crippen molar-refractivity contribution >= 4 is 11.4 Å². The molecule has 0 spiro atoms. The number of nitrogens with two attached hydrogens (primary N) is 1. The lowest BCUT2D eigenvalue weighted by Crippen LogP contribution is -2.16. The quantitative estimate of drug-likeness (QED) is 0.841. The molecule has 0 saturated heterocycles. The topological polar surface area (TPSA) is 29.3 Å². The highest BCUT2D eigenvalue weighted by molar-refractivity contribution is 5.51. The van der Waals surface area contributed by atoms with Crippen molar-refractivity contribution in [3.8, 4) is 0 Å². The van der Waals surface area contributed by atoms with Crippen molar-refractivity contribution in [1.29, 1.82) is 0 Å². The highest BCUT2D eigenvalue weighted by Crippen LogP contribution is 2.19. The van der Waals surface area contributed by atoms with E-state index in [1.807, 2.05) is 6.92 Å². The van der Waals surface area contributed by atoms with E-state index in [4.69, 9.17) is 5.73 Å². The van der Waals surface area contributed by atoms with Crippen LogP contribution in [-0.4, -0.2) is 7.05 Å². The highest BCUT2D eigenvalue weighted by Gasteiger charge is 2.03. The van der Waals surface area contributed by atoms with E-state index < -0.39 is 0 Å². The second-order valence-electron chi connectivity index (χ2n) is 5.07. The average Bonchev–Trinajstić information content (AvgIpc) is 2.43. The van der Waals surface area contributed by atoms with Gasteiger partial charge < -0.3 is 10.6 Å². The van der Waals surface area contributed by atoms with Crippen LogP contribution in [0.3, 0.4) is 0 Å². The molecule has 0 radical (unpaired) electrons. The summed E-state index contributed by atoms with van der Waals surface area (Å²) >= 11 is 0. The average molecular weight is 254 g/mol. The Labute approximate surface area is 115 Å². The van der Waals surface area contributed by atoms with Gasteiger partial charge in [-0.2, -0.15) is 0 Å². The van der Waals surface area contributed by atoms with Gasteiger partial charge in [0.2, 0.25) is 0 Å². The molecule has 0 aliphatic carbocycles. The summed E-state index contributed by atoms with van der Waals surface area (Å²) in [5.74, 6) is 0. The maximum absolute atomic E-state index is 5.95. The van der Waals surface area contributed by atoms with Crippen molar-refractivity contribution in [2.75, 3.05) is 17.7 Å². The number of aryl methyl sites for hydroxylation is 2. The molecule has 0 atom stereocenters. The minimum absolute atomic E-state index is 0.868. The van der Waals surface area contributed by atoms with Crippen LogP contribution < -0.4 is 10.6 Å². The van der Waals surface area contributed by atoms with Crippen LogP contribution >= 0.6 is 0 Å². The predicted octanol–water partition coefficient (Wildman–Crippen LogP) is 3.78. The maximum atomic E-state index is 5.95. The lowest BCUT2D eigenvalue weighted by Gasteiger charge is -2.20. The Hall–Kier alpha value is -1.96. The van der Waals surface area contributed by atoms with E-state index in [-0.39, 0.29) is 0 Å². The summed E-state index contributed by atoms with van der Waals surface area (Å²) in [6, 6.07) is 15.0. The van der Waals surface area contributed by atoms with Crippen LogP contribution in [0.25, 0.3) is 0 Å². The van der Waals surface area contributed by atoms with Crippen molar-refractivity contribution < 1.29 is 0 Å². The zero-order chi connectivity index (χ0) is 13.8. The largest absolute Gasteiger partial charge is 0.399 e. The molecule has 100 valence electrons. The minimum atomic E-state index is 0.868. The second-order valence-corrected chi connectivity index (χ2v) is 5.07. The Morgan fingerprint density at radius 1 is 1.00 bits per heavy atom. The van der Waals surface area contributed by atoms with Crippen LogP contribution in [0, 0.1) is 6.92 Å². The Morgan fingerprint density at radius 2 is 1.63 bits per heavy atom. The van der Waals surface area contributed by atoms with Crippen LogP contribution in [0.2, 0.25) is 0 Å². The first-order valence-corrected chi connectivity index (χ1v) is 6.75. The zero-order valence-corrected chi connectivity index (χ0v) is 12.0. The fourth-order valence-electron chi connectivity index (χ4n) is 2.14. The van der Waals surface area contributed by atoms with Gasteiger partial charge in [-0.3, -0.25) is 0 Å². The molecule has 19 heavy (non-hydrogen) atoms. The third-order valence-corrected chi connectivity index (χ3v) is 3.55. The number of anilines is 2. The summed E-state index contributed by atoms with van der Waals surface area (Å²) in [5, 5.41) is 0. The number of nitrogen functional groups attached to an aromatic ring is 1. The fourth-order valence-corrected chi connectivity index (χ4v) is 2.14. The molecule has 2 rings (SSSR count). The molecular formula is C17H22N2. The molecule has 0 heterocycles. The molecule has 0 amide bonds. The van der Waals surface area contributed by atoms with E-state index in [1.165, 1.54) is 16.8 Å². The SMILES string of the molecule is CCc1ccc(N(C)Cc2ccc(C)c(N)c2)cc1. The Morgan fingerprint density at radius 3 is 2.21 bits per heavy atom. The standard InChI is InChI=1S/C17H22N2/c1-4-14-7-9-16(10-8-14)19(3)12-15-6-5-13(2)17(18)11-15/h5-11H,4,12,18H2,1-3H3. The molecule has 2 aromatic rings. The Bertz CT molecular complexity index is 544. The molecule has 0 aromatic heterocycles. The van der Waals surface area contributed by atoms with Gasteiger partial charge in [-0.25, -0.2) is 0 Å². The van der Waals surface area contributed by atoms with Gasteiger partial charge in [0.1, 0.15) is 0 Å². The van der Waals surface area contributed by atoms with Crippen molar-refractivity contribution in [1.82, 2.24) is 0 Å². The second kappa shape index (κ2) is 5.79. The van der Waals surface area contributed by atoms with Crippen LogP contribution in [-0.2, 0) is 13.0 Å². The van der Waals surface area contributed by atoms with E-state index in [9.17, 15) is 0 Å². The maximum Gasteiger partial charge on any atom is 0.0426 e. The Balaban J connectivity index is 2.10. The van der Waals surface area contributed by atoms with Gasteiger partial charge >= 0.3 is 0 Å². The first kappa shape index (κ1) is 13.5. The summed E-state index contributed by atoms with van der Waals surface area (Å²) < 4.78 is 0. The van der Waals surface area contributed by atoms with Crippen LogP contribution in [0.15, 0.2) is 42.5 Å². The van der Waals surface area contributed by atoms with Crippen LogP contribution in [0.4, 0.5) is 11.4 Å². The van der Waals surface area contributed by atoms with Crippen molar-refractivity contribution in [2.45, 2.75) is 26.8 Å². The summed E-state index contributed by atoms with van der Waals surface area (Å²) in [7, 11) is 2.11. The summed E-state index contributed by atoms with van der Waals surface area (Å²) in [6.45, 7) is 5.08. The number of rotatable bonds is 4. The van der Waals surface area contributed by atoms with Crippen molar-refractivity contribution in [3.05, 3.63) is 59.2 Å². The number of nitrogens with zero attached hydrogens (tertiary/aromatic N) is 1. The van der Waals surface area contributed by atoms with Crippen LogP contribution in [0.1, 0.15) is 23.6 Å². The molecule has 0 fully saturated rings. The molecular weight excluding hydrogens is 232 g/mol. The smallest absolute Gasteiger partial charge is 0.0426 e. The predicted molar refractivity (Wildman–Crippen MR) is 83.5 cm³/mol. The van der Waals surface area contributed by atoms with Crippen molar-refractivity contribution in [3.63, 3.8) is 0 Å². The summed E-state index contributed by atoms with van der Waals surface area (Å²) in [6.07, 6.45) is 1.08. The molecule has 2 aromatic carbocycles. The van der Waals surface area contributed by atoms with E-state index in [0.29, 0.717) is 0 Å². The zero-order valence-electron chi connectivity index (χ0n) is 12.0.